The molecule has 8 aromatic carbocycles. The summed E-state index contributed by atoms with van der Waals surface area (Å²) < 4.78 is 8.68. The zero-order chi connectivity index (χ0) is 45.8. The Morgan fingerprint density at radius 2 is 0.594 bits per heavy atom. The van der Waals surface area contributed by atoms with Crippen LogP contribution >= 0.6 is 12.2 Å². The molecule has 69 heavy (non-hydrogen) atoms. The van der Waals surface area contributed by atoms with Crippen LogP contribution in [0.25, 0.3) is 113 Å². The number of rotatable bonds is 9. The van der Waals surface area contributed by atoms with Gasteiger partial charge in [-0.25, -0.2) is 24.9 Å². The SMILES string of the molecule is S=C=Nc1c(-n2c(-c3ccccc3)nc3ccccc32)nc(-n2c(-c3ccccc3)nc3ccccc32)c(-n2c(-c3ccccc3)nc3ccccc32)c1-n1c(-c2ccccc2)nc2ccccc21. The highest BCUT2D eigenvalue weighted by atomic mass is 32.1. The van der Waals surface area contributed by atoms with Gasteiger partial charge in [0, 0.05) is 22.3 Å². The molecule has 0 bridgehead atoms. The topological polar surface area (TPSA) is 96.5 Å². The third-order valence-corrected chi connectivity index (χ3v) is 12.6. The van der Waals surface area contributed by atoms with Gasteiger partial charge in [-0.15, -0.1) is 0 Å². The van der Waals surface area contributed by atoms with Crippen LogP contribution in [0.15, 0.2) is 223 Å². The fraction of sp³-hybridized carbons (Fsp3) is 0. The molecule has 0 radical (unpaired) electrons. The average Bonchev–Trinajstić information content (AvgIpc) is 4.20. The van der Waals surface area contributed by atoms with Gasteiger partial charge in [-0.1, -0.05) is 170 Å². The number of nitrogens with zero attached hydrogens (tertiary/aromatic N) is 10. The summed E-state index contributed by atoms with van der Waals surface area (Å²) in [6.07, 6.45) is 0. The maximum atomic E-state index is 5.98. The maximum absolute atomic E-state index is 5.98. The summed E-state index contributed by atoms with van der Waals surface area (Å²) in [5.74, 6) is 3.76. The molecule has 0 spiro atoms. The Morgan fingerprint density at radius 3 is 0.957 bits per heavy atom. The normalized spacial score (nSPS) is 11.5. The number of aliphatic imine (C=N–C) groups is 1. The van der Waals surface area contributed by atoms with E-state index in [0.717, 1.165) is 66.4 Å². The van der Waals surface area contributed by atoms with E-state index in [1.54, 1.807) is 0 Å². The Bertz CT molecular complexity index is 4130. The van der Waals surface area contributed by atoms with Crippen LogP contribution in [-0.4, -0.2) is 48.3 Å². The second kappa shape index (κ2) is 16.5. The van der Waals surface area contributed by atoms with Crippen LogP contribution in [0, 0.1) is 0 Å². The molecule has 0 saturated carbocycles. The highest BCUT2D eigenvalue weighted by Gasteiger charge is 2.34. The van der Waals surface area contributed by atoms with Crippen LogP contribution < -0.4 is 0 Å². The van der Waals surface area contributed by atoms with Gasteiger partial charge in [-0.05, 0) is 60.7 Å². The molecule has 13 rings (SSSR count). The van der Waals surface area contributed by atoms with E-state index in [1.807, 2.05) is 146 Å². The first-order valence-electron chi connectivity index (χ1n) is 22.5. The number of aromatic nitrogens is 9. The molecule has 5 heterocycles. The predicted octanol–water partition coefficient (Wildman–Crippen LogP) is 13.8. The molecule has 0 unspecified atom stereocenters. The van der Waals surface area contributed by atoms with Crippen LogP contribution in [0.3, 0.4) is 0 Å². The first kappa shape index (κ1) is 39.9. The van der Waals surface area contributed by atoms with Crippen LogP contribution in [0.1, 0.15) is 0 Å². The molecule has 0 aliphatic rings. The highest BCUT2D eigenvalue weighted by molar-refractivity contribution is 7.78. The molecule has 0 aliphatic heterocycles. The van der Waals surface area contributed by atoms with Gasteiger partial charge in [0.25, 0.3) is 0 Å². The van der Waals surface area contributed by atoms with E-state index in [2.05, 4.69) is 96.2 Å². The van der Waals surface area contributed by atoms with Gasteiger partial charge in [0.15, 0.2) is 11.6 Å². The van der Waals surface area contributed by atoms with E-state index in [1.165, 1.54) is 0 Å². The Kier molecular flexibility index (Phi) is 9.53. The highest BCUT2D eigenvalue weighted by Crippen LogP contribution is 2.47. The van der Waals surface area contributed by atoms with Gasteiger partial charge in [-0.2, -0.15) is 4.99 Å². The second-order valence-electron chi connectivity index (χ2n) is 16.5. The van der Waals surface area contributed by atoms with Crippen molar-refractivity contribution in [2.45, 2.75) is 0 Å². The monoisotopic (exact) mass is 904 g/mol. The number of thiocarbonyl (C=S) groups is 1. The fourth-order valence-corrected chi connectivity index (χ4v) is 9.61. The van der Waals surface area contributed by atoms with Crippen LogP contribution in [0.2, 0.25) is 0 Å². The van der Waals surface area contributed by atoms with Gasteiger partial charge in [0.1, 0.15) is 40.4 Å². The van der Waals surface area contributed by atoms with Gasteiger partial charge in [0.2, 0.25) is 0 Å². The van der Waals surface area contributed by atoms with E-state index in [9.17, 15) is 0 Å². The van der Waals surface area contributed by atoms with Crippen molar-refractivity contribution >= 4 is 67.2 Å². The Labute approximate surface area is 400 Å². The maximum Gasteiger partial charge on any atom is 0.170 e. The van der Waals surface area contributed by atoms with Crippen LogP contribution in [0.4, 0.5) is 5.69 Å². The lowest BCUT2D eigenvalue weighted by Gasteiger charge is -2.25. The van der Waals surface area contributed by atoms with Crippen molar-refractivity contribution in [2.75, 3.05) is 0 Å². The lowest BCUT2D eigenvalue weighted by molar-refractivity contribution is 0.921. The molecule has 13 aromatic rings. The molecule has 0 atom stereocenters. The zero-order valence-corrected chi connectivity index (χ0v) is 37.5. The first-order chi connectivity index (χ1) is 34.2. The minimum atomic E-state index is 0.437. The van der Waals surface area contributed by atoms with Crippen molar-refractivity contribution in [2.24, 2.45) is 4.99 Å². The minimum absolute atomic E-state index is 0.437. The summed E-state index contributed by atoms with van der Waals surface area (Å²) >= 11 is 5.71. The number of imidazole rings is 4. The predicted molar refractivity (Wildman–Crippen MR) is 279 cm³/mol. The molecule has 10 nitrogen and oxygen atoms in total. The number of hydrogen-bond donors (Lipinski definition) is 0. The Morgan fingerprint density at radius 1 is 0.304 bits per heavy atom. The van der Waals surface area contributed by atoms with E-state index >= 15 is 0 Å². The summed E-state index contributed by atoms with van der Waals surface area (Å²) in [5.41, 5.74) is 11.8. The molecular weight excluding hydrogens is 869 g/mol. The Hall–Kier alpha value is -9.41. The van der Waals surface area contributed by atoms with Crippen molar-refractivity contribution in [3.8, 4) is 68.6 Å². The summed E-state index contributed by atoms with van der Waals surface area (Å²) in [7, 11) is 0. The number of fused-ring (bicyclic) bond motifs is 4. The summed E-state index contributed by atoms with van der Waals surface area (Å²) in [6, 6.07) is 73.6. The van der Waals surface area contributed by atoms with Crippen molar-refractivity contribution in [3.63, 3.8) is 0 Å². The van der Waals surface area contributed by atoms with Gasteiger partial charge in [0.05, 0.1) is 49.3 Å². The van der Waals surface area contributed by atoms with Crippen molar-refractivity contribution in [1.82, 2.24) is 43.2 Å². The smallest absolute Gasteiger partial charge is 0.170 e. The summed E-state index contributed by atoms with van der Waals surface area (Å²) in [5, 5.41) is 2.84. The molecule has 0 N–H and O–H groups in total. The average molecular weight is 905 g/mol. The summed E-state index contributed by atoms with van der Waals surface area (Å²) in [6.45, 7) is 0. The number of benzene rings is 8. The number of para-hydroxylation sites is 8. The minimum Gasteiger partial charge on any atom is -0.288 e. The van der Waals surface area contributed by atoms with Gasteiger partial charge < -0.3 is 0 Å². The zero-order valence-electron chi connectivity index (χ0n) is 36.7. The molecule has 11 heteroatoms. The van der Waals surface area contributed by atoms with E-state index in [0.29, 0.717) is 52.0 Å². The first-order valence-corrected chi connectivity index (χ1v) is 22.9. The van der Waals surface area contributed by atoms with Crippen LogP contribution in [-0.2, 0) is 0 Å². The van der Waals surface area contributed by atoms with Gasteiger partial charge in [-0.3, -0.25) is 18.3 Å². The van der Waals surface area contributed by atoms with Crippen molar-refractivity contribution in [1.29, 1.82) is 0 Å². The quantitative estimate of drug-likeness (QED) is 0.106. The molecule has 0 saturated heterocycles. The Balaban J connectivity index is 1.34. The number of hydrogen-bond acceptors (Lipinski definition) is 7. The molecule has 0 fully saturated rings. The summed E-state index contributed by atoms with van der Waals surface area (Å²) in [4.78, 5) is 32.7. The van der Waals surface area contributed by atoms with E-state index in [4.69, 9.17) is 42.1 Å². The molecule has 324 valence electrons. The van der Waals surface area contributed by atoms with Crippen LogP contribution in [0.5, 0.6) is 0 Å². The lowest BCUT2D eigenvalue weighted by atomic mass is 10.1. The number of isothiocyanates is 1. The second-order valence-corrected chi connectivity index (χ2v) is 16.7. The molecule has 0 aliphatic carbocycles. The molecule has 0 amide bonds. The van der Waals surface area contributed by atoms with Gasteiger partial charge >= 0.3 is 0 Å². The third kappa shape index (κ3) is 6.52. The molecular formula is C58H36N10S. The van der Waals surface area contributed by atoms with E-state index in [-0.39, 0.29) is 0 Å². The molecule has 5 aromatic heterocycles. The number of pyridine rings is 1. The lowest BCUT2D eigenvalue weighted by Crippen LogP contribution is -2.16. The fourth-order valence-electron chi connectivity index (χ4n) is 9.52. The van der Waals surface area contributed by atoms with E-state index < -0.39 is 0 Å². The standard InChI is InChI=1S/C58H36N10S/c69-37-59-50-51(65-46-33-17-13-29-42(46)60-53(65)38-21-5-1-6-22-38)52(66-47-34-18-14-30-43(47)61-54(66)39-23-7-2-8-24-39)58(68-49-36-20-16-32-45(49)63-56(68)41-27-11-4-12-28-41)64-57(50)67-48-35-19-15-31-44(48)62-55(67)40-25-9-3-10-26-40/h1-36H. The third-order valence-electron chi connectivity index (χ3n) is 12.5. The van der Waals surface area contributed by atoms with Crippen molar-refractivity contribution in [3.05, 3.63) is 218 Å². The van der Waals surface area contributed by atoms with Crippen molar-refractivity contribution < 1.29 is 0 Å². The largest absolute Gasteiger partial charge is 0.288 e.